The minimum Gasteiger partial charge on any atom is -0.496 e. The first-order valence-electron chi connectivity index (χ1n) is 6.77. The molecule has 0 bridgehead atoms. The zero-order valence-electron chi connectivity index (χ0n) is 12.4. The molecule has 0 spiro atoms. The largest absolute Gasteiger partial charge is 0.496 e. The number of benzene rings is 1. The minimum atomic E-state index is -0.0887. The Balaban J connectivity index is 2.53. The Bertz CT molecular complexity index is 605. The van der Waals surface area contributed by atoms with E-state index in [-0.39, 0.29) is 6.04 Å². The van der Waals surface area contributed by atoms with Crippen LogP contribution in [0.2, 0.25) is 0 Å². The van der Waals surface area contributed by atoms with Crippen LogP contribution in [0.5, 0.6) is 11.5 Å². The molecular weight excluding hydrogens is 332 g/mol. The highest BCUT2D eigenvalue weighted by atomic mass is 79.9. The number of nitrogens with zero attached hydrogens (tertiary/aromatic N) is 1. The highest BCUT2D eigenvalue weighted by molar-refractivity contribution is 9.10. The lowest BCUT2D eigenvalue weighted by Crippen LogP contribution is -2.24. The molecule has 1 N–H and O–H groups in total. The molecule has 0 aliphatic heterocycles. The Morgan fingerprint density at radius 2 is 1.95 bits per heavy atom. The Labute approximate surface area is 133 Å². The topological polar surface area (TPSA) is 43.4 Å². The molecule has 1 aromatic heterocycles. The number of aromatic nitrogens is 1. The molecule has 0 aliphatic rings. The summed E-state index contributed by atoms with van der Waals surface area (Å²) in [6.07, 6.45) is 1.77. The van der Waals surface area contributed by atoms with Crippen LogP contribution in [0, 0.1) is 0 Å². The van der Waals surface area contributed by atoms with E-state index in [9.17, 15) is 0 Å². The van der Waals surface area contributed by atoms with Crippen LogP contribution >= 0.6 is 15.9 Å². The van der Waals surface area contributed by atoms with Gasteiger partial charge in [0, 0.05) is 16.2 Å². The first kappa shape index (κ1) is 15.8. The molecule has 5 heteroatoms. The van der Waals surface area contributed by atoms with E-state index in [1.165, 1.54) is 0 Å². The Morgan fingerprint density at radius 3 is 2.62 bits per heavy atom. The Hall–Kier alpha value is -1.59. The van der Waals surface area contributed by atoms with Crippen LogP contribution in [-0.2, 0) is 0 Å². The Morgan fingerprint density at radius 1 is 1.19 bits per heavy atom. The molecule has 0 saturated heterocycles. The van der Waals surface area contributed by atoms with E-state index >= 15 is 0 Å². The number of halogens is 1. The standard InChI is InChI=1S/C16H19BrN2O2/c1-4-18-15(16-13(20-2)6-5-9-19-16)12-8-7-11(17)10-14(12)21-3/h5-10,15,18H,4H2,1-3H3. The van der Waals surface area contributed by atoms with Crippen molar-refractivity contribution in [3.05, 3.63) is 52.3 Å². The van der Waals surface area contributed by atoms with E-state index in [0.29, 0.717) is 0 Å². The fraction of sp³-hybridized carbons (Fsp3) is 0.312. The lowest BCUT2D eigenvalue weighted by atomic mass is 10.0. The highest BCUT2D eigenvalue weighted by Gasteiger charge is 2.22. The molecule has 1 heterocycles. The van der Waals surface area contributed by atoms with Crippen molar-refractivity contribution in [2.24, 2.45) is 0 Å². The van der Waals surface area contributed by atoms with Crippen molar-refractivity contribution in [2.45, 2.75) is 13.0 Å². The minimum absolute atomic E-state index is 0.0887. The van der Waals surface area contributed by atoms with Crippen molar-refractivity contribution in [1.82, 2.24) is 10.3 Å². The van der Waals surface area contributed by atoms with Gasteiger partial charge in [-0.3, -0.25) is 4.98 Å². The SMILES string of the molecule is CCNC(c1ccc(Br)cc1OC)c1ncccc1OC. The van der Waals surface area contributed by atoms with E-state index in [0.717, 1.165) is 33.8 Å². The van der Waals surface area contributed by atoms with Crippen LogP contribution in [-0.4, -0.2) is 25.7 Å². The molecule has 21 heavy (non-hydrogen) atoms. The van der Waals surface area contributed by atoms with Gasteiger partial charge in [0.15, 0.2) is 0 Å². The molecule has 4 nitrogen and oxygen atoms in total. The molecule has 0 saturated carbocycles. The van der Waals surface area contributed by atoms with Gasteiger partial charge in [0.05, 0.1) is 20.3 Å². The lowest BCUT2D eigenvalue weighted by Gasteiger charge is -2.22. The van der Waals surface area contributed by atoms with Gasteiger partial charge < -0.3 is 14.8 Å². The second-order valence-electron chi connectivity index (χ2n) is 4.47. The smallest absolute Gasteiger partial charge is 0.142 e. The van der Waals surface area contributed by atoms with Gasteiger partial charge in [-0.15, -0.1) is 0 Å². The van der Waals surface area contributed by atoms with Gasteiger partial charge in [-0.2, -0.15) is 0 Å². The van der Waals surface area contributed by atoms with E-state index in [2.05, 4.69) is 33.2 Å². The fourth-order valence-electron chi connectivity index (χ4n) is 2.27. The van der Waals surface area contributed by atoms with Crippen LogP contribution in [0.1, 0.15) is 24.2 Å². The molecule has 0 radical (unpaired) electrons. The average Bonchev–Trinajstić information content (AvgIpc) is 2.53. The number of hydrogen-bond acceptors (Lipinski definition) is 4. The first-order valence-corrected chi connectivity index (χ1v) is 7.56. The maximum Gasteiger partial charge on any atom is 0.142 e. The molecular formula is C16H19BrN2O2. The Kier molecular flexibility index (Phi) is 5.59. The summed E-state index contributed by atoms with van der Waals surface area (Å²) in [4.78, 5) is 4.49. The predicted molar refractivity (Wildman–Crippen MR) is 87.0 cm³/mol. The molecule has 1 unspecified atom stereocenters. The van der Waals surface area contributed by atoms with Gasteiger partial charge in [-0.25, -0.2) is 0 Å². The summed E-state index contributed by atoms with van der Waals surface area (Å²) in [5.41, 5.74) is 1.88. The van der Waals surface area contributed by atoms with Crippen molar-refractivity contribution < 1.29 is 9.47 Å². The van der Waals surface area contributed by atoms with Crippen LogP contribution < -0.4 is 14.8 Å². The average molecular weight is 351 g/mol. The molecule has 1 atom stereocenters. The number of pyridine rings is 1. The molecule has 2 aromatic rings. The van der Waals surface area contributed by atoms with Gasteiger partial charge in [-0.05, 0) is 30.8 Å². The molecule has 112 valence electrons. The number of rotatable bonds is 6. The maximum atomic E-state index is 5.51. The van der Waals surface area contributed by atoms with Crippen molar-refractivity contribution in [3.63, 3.8) is 0 Å². The summed E-state index contributed by atoms with van der Waals surface area (Å²) in [5, 5.41) is 3.45. The van der Waals surface area contributed by atoms with Gasteiger partial charge in [0.25, 0.3) is 0 Å². The summed E-state index contributed by atoms with van der Waals surface area (Å²) < 4.78 is 11.9. The van der Waals surface area contributed by atoms with Gasteiger partial charge in [0.2, 0.25) is 0 Å². The molecule has 2 rings (SSSR count). The predicted octanol–water partition coefficient (Wildman–Crippen LogP) is 3.56. The summed E-state index contributed by atoms with van der Waals surface area (Å²) in [7, 11) is 3.33. The fourth-order valence-corrected chi connectivity index (χ4v) is 2.61. The summed E-state index contributed by atoms with van der Waals surface area (Å²) >= 11 is 3.47. The van der Waals surface area contributed by atoms with Gasteiger partial charge >= 0.3 is 0 Å². The van der Waals surface area contributed by atoms with E-state index < -0.39 is 0 Å². The maximum absolute atomic E-state index is 5.51. The zero-order valence-corrected chi connectivity index (χ0v) is 14.0. The number of hydrogen-bond donors (Lipinski definition) is 1. The van der Waals surface area contributed by atoms with E-state index in [1.807, 2.05) is 30.3 Å². The normalized spacial score (nSPS) is 12.0. The van der Waals surface area contributed by atoms with Crippen LogP contribution in [0.3, 0.4) is 0 Å². The highest BCUT2D eigenvalue weighted by Crippen LogP contribution is 2.34. The quantitative estimate of drug-likeness (QED) is 0.864. The van der Waals surface area contributed by atoms with Gasteiger partial charge in [-0.1, -0.05) is 28.9 Å². The summed E-state index contributed by atoms with van der Waals surface area (Å²) in [6.45, 7) is 2.87. The monoisotopic (exact) mass is 350 g/mol. The van der Waals surface area contributed by atoms with Crippen LogP contribution in [0.15, 0.2) is 41.0 Å². The number of ether oxygens (including phenoxy) is 2. The van der Waals surface area contributed by atoms with E-state index in [1.54, 1.807) is 20.4 Å². The van der Waals surface area contributed by atoms with Crippen molar-refractivity contribution in [1.29, 1.82) is 0 Å². The number of methoxy groups -OCH3 is 2. The van der Waals surface area contributed by atoms with Gasteiger partial charge in [0.1, 0.15) is 17.2 Å². The number of nitrogens with one attached hydrogen (secondary N) is 1. The van der Waals surface area contributed by atoms with Crippen LogP contribution in [0.25, 0.3) is 0 Å². The third-order valence-electron chi connectivity index (χ3n) is 3.21. The second-order valence-corrected chi connectivity index (χ2v) is 5.38. The third-order valence-corrected chi connectivity index (χ3v) is 3.70. The summed E-state index contributed by atoms with van der Waals surface area (Å²) in [5.74, 6) is 1.57. The van der Waals surface area contributed by atoms with Crippen molar-refractivity contribution in [3.8, 4) is 11.5 Å². The van der Waals surface area contributed by atoms with Crippen molar-refractivity contribution in [2.75, 3.05) is 20.8 Å². The van der Waals surface area contributed by atoms with Crippen molar-refractivity contribution >= 4 is 15.9 Å². The first-order chi connectivity index (χ1) is 10.2. The second kappa shape index (κ2) is 7.43. The third kappa shape index (κ3) is 3.54. The van der Waals surface area contributed by atoms with E-state index in [4.69, 9.17) is 9.47 Å². The zero-order chi connectivity index (χ0) is 15.2. The molecule has 0 fully saturated rings. The summed E-state index contributed by atoms with van der Waals surface area (Å²) in [6, 6.07) is 9.67. The lowest BCUT2D eigenvalue weighted by molar-refractivity contribution is 0.390. The van der Waals surface area contributed by atoms with Crippen LogP contribution in [0.4, 0.5) is 0 Å². The molecule has 1 aromatic carbocycles. The molecule has 0 amide bonds. The molecule has 0 aliphatic carbocycles.